The third-order valence-corrected chi connectivity index (χ3v) is 6.28. The largest absolute Gasteiger partial charge is 0.497 e. The Morgan fingerprint density at radius 2 is 2.00 bits per heavy atom. The van der Waals surface area contributed by atoms with Gasteiger partial charge in [-0.2, -0.15) is 0 Å². The van der Waals surface area contributed by atoms with Crippen molar-refractivity contribution in [3.63, 3.8) is 0 Å². The van der Waals surface area contributed by atoms with E-state index in [0.29, 0.717) is 21.6 Å². The minimum atomic E-state index is -0.271. The van der Waals surface area contributed by atoms with Gasteiger partial charge in [0, 0.05) is 11.1 Å². The molecule has 27 heavy (non-hydrogen) atoms. The minimum absolute atomic E-state index is 0.271. The van der Waals surface area contributed by atoms with Crippen LogP contribution in [-0.2, 0) is 0 Å². The van der Waals surface area contributed by atoms with Gasteiger partial charge in [0.15, 0.2) is 5.13 Å². The van der Waals surface area contributed by atoms with Crippen molar-refractivity contribution in [2.24, 2.45) is 0 Å². The van der Waals surface area contributed by atoms with Crippen molar-refractivity contribution >= 4 is 59.8 Å². The van der Waals surface area contributed by atoms with Crippen LogP contribution >= 0.6 is 22.7 Å². The third-order valence-electron chi connectivity index (χ3n) is 4.23. The molecule has 3 N–H and O–H groups in total. The van der Waals surface area contributed by atoms with Crippen LogP contribution in [0.1, 0.15) is 35.1 Å². The van der Waals surface area contributed by atoms with Gasteiger partial charge in [0.05, 0.1) is 23.0 Å². The number of thiophene rings is 1. The number of pyridine rings is 1. The van der Waals surface area contributed by atoms with Gasteiger partial charge >= 0.3 is 0 Å². The maximum atomic E-state index is 12.8. The number of rotatable bonds is 4. The smallest absolute Gasteiger partial charge is 0.269 e. The van der Waals surface area contributed by atoms with E-state index < -0.39 is 0 Å². The number of nitrogens with one attached hydrogen (secondary N) is 1. The van der Waals surface area contributed by atoms with Gasteiger partial charge in [-0.15, -0.1) is 11.3 Å². The zero-order valence-corrected chi connectivity index (χ0v) is 16.7. The van der Waals surface area contributed by atoms with E-state index in [1.54, 1.807) is 7.11 Å². The quantitative estimate of drug-likeness (QED) is 0.512. The van der Waals surface area contributed by atoms with Gasteiger partial charge < -0.3 is 10.5 Å². The Bertz CT molecular complexity index is 1160. The summed E-state index contributed by atoms with van der Waals surface area (Å²) in [6, 6.07) is 9.50. The average molecular weight is 399 g/mol. The van der Waals surface area contributed by atoms with Crippen molar-refractivity contribution < 1.29 is 9.53 Å². The number of anilines is 2. The van der Waals surface area contributed by atoms with Gasteiger partial charge in [-0.25, -0.2) is 9.97 Å². The van der Waals surface area contributed by atoms with Crippen molar-refractivity contribution in [3.05, 3.63) is 40.9 Å². The van der Waals surface area contributed by atoms with E-state index in [2.05, 4.69) is 29.1 Å². The van der Waals surface area contributed by atoms with Crippen molar-refractivity contribution in [3.8, 4) is 5.75 Å². The molecule has 0 spiro atoms. The summed E-state index contributed by atoms with van der Waals surface area (Å²) in [6.45, 7) is 4.17. The molecule has 0 saturated carbocycles. The van der Waals surface area contributed by atoms with Gasteiger partial charge in [-0.1, -0.05) is 25.2 Å². The van der Waals surface area contributed by atoms with Gasteiger partial charge in [0.25, 0.3) is 5.91 Å². The summed E-state index contributed by atoms with van der Waals surface area (Å²) in [5.74, 6) is 0.798. The lowest BCUT2D eigenvalue weighted by molar-refractivity contribution is 0.103. The molecular formula is C19H18N4O2S2. The maximum Gasteiger partial charge on any atom is 0.269 e. The second-order valence-electron chi connectivity index (χ2n) is 6.40. The first-order valence-electron chi connectivity index (χ1n) is 8.41. The molecule has 0 aliphatic carbocycles. The van der Waals surface area contributed by atoms with E-state index in [-0.39, 0.29) is 5.91 Å². The molecule has 0 unspecified atom stereocenters. The van der Waals surface area contributed by atoms with Gasteiger partial charge in [-0.05, 0) is 36.2 Å². The minimum Gasteiger partial charge on any atom is -0.497 e. The molecule has 3 heterocycles. The highest BCUT2D eigenvalue weighted by molar-refractivity contribution is 7.23. The first kappa shape index (κ1) is 17.7. The predicted octanol–water partition coefficient (Wildman–Crippen LogP) is 4.87. The molecule has 0 aliphatic rings. The molecule has 6 nitrogen and oxygen atoms in total. The van der Waals surface area contributed by atoms with Crippen LogP contribution in [0.25, 0.3) is 20.4 Å². The molecule has 0 radical (unpaired) electrons. The highest BCUT2D eigenvalue weighted by Gasteiger charge is 2.19. The Morgan fingerprint density at radius 3 is 2.74 bits per heavy atom. The van der Waals surface area contributed by atoms with Crippen LogP contribution in [0.3, 0.4) is 0 Å². The number of hydrogen-bond acceptors (Lipinski definition) is 7. The third kappa shape index (κ3) is 3.22. The lowest BCUT2D eigenvalue weighted by atomic mass is 10.1. The summed E-state index contributed by atoms with van der Waals surface area (Å²) < 4.78 is 6.17. The van der Waals surface area contributed by atoms with Crippen LogP contribution in [0.15, 0.2) is 30.3 Å². The predicted molar refractivity (Wildman–Crippen MR) is 112 cm³/mol. The van der Waals surface area contributed by atoms with Crippen molar-refractivity contribution in [2.45, 2.75) is 19.8 Å². The Hall–Kier alpha value is -2.71. The number of carbonyl (C=O) groups is 1. The lowest BCUT2D eigenvalue weighted by Crippen LogP contribution is -2.11. The van der Waals surface area contributed by atoms with Gasteiger partial charge in [0.1, 0.15) is 15.5 Å². The highest BCUT2D eigenvalue weighted by Crippen LogP contribution is 2.35. The number of hydrogen-bond donors (Lipinski definition) is 2. The van der Waals surface area contributed by atoms with Gasteiger partial charge in [-0.3, -0.25) is 10.1 Å². The molecule has 3 aromatic heterocycles. The molecule has 1 aromatic carbocycles. The summed E-state index contributed by atoms with van der Waals surface area (Å²) in [4.78, 5) is 23.1. The zero-order valence-electron chi connectivity index (χ0n) is 15.1. The van der Waals surface area contributed by atoms with E-state index in [4.69, 9.17) is 10.5 Å². The van der Waals surface area contributed by atoms with E-state index >= 15 is 0 Å². The number of aromatic nitrogens is 2. The van der Waals surface area contributed by atoms with Crippen LogP contribution in [0.5, 0.6) is 5.75 Å². The number of methoxy groups -OCH3 is 1. The van der Waals surface area contributed by atoms with Crippen molar-refractivity contribution in [1.82, 2.24) is 9.97 Å². The Kier molecular flexibility index (Phi) is 4.45. The highest BCUT2D eigenvalue weighted by atomic mass is 32.1. The molecule has 8 heteroatoms. The van der Waals surface area contributed by atoms with Crippen molar-refractivity contribution in [1.29, 1.82) is 0 Å². The van der Waals surface area contributed by atoms with E-state index in [1.807, 2.05) is 30.3 Å². The molecule has 4 aromatic rings. The number of fused-ring (bicyclic) bond motifs is 2. The Morgan fingerprint density at radius 1 is 1.19 bits per heavy atom. The van der Waals surface area contributed by atoms with E-state index in [1.165, 1.54) is 22.7 Å². The number of benzene rings is 1. The Balaban J connectivity index is 1.65. The number of nitrogen functional groups attached to an aromatic ring is 1. The van der Waals surface area contributed by atoms with Crippen LogP contribution in [0.4, 0.5) is 10.8 Å². The summed E-state index contributed by atoms with van der Waals surface area (Å²) >= 11 is 2.70. The summed E-state index contributed by atoms with van der Waals surface area (Å²) in [6.07, 6.45) is 0. The van der Waals surface area contributed by atoms with Crippen molar-refractivity contribution in [2.75, 3.05) is 18.2 Å². The first-order valence-corrected chi connectivity index (χ1v) is 10.0. The fourth-order valence-electron chi connectivity index (χ4n) is 2.74. The number of nitrogens with zero attached hydrogens (tertiary/aromatic N) is 2. The SMILES string of the molecule is COc1ccc2nc(NC(=O)c3sc4nc(C(C)C)ccc4c3N)sc2c1. The number of nitrogens with two attached hydrogens (primary N) is 1. The molecule has 0 aliphatic heterocycles. The van der Waals surface area contributed by atoms with E-state index in [0.717, 1.165) is 31.9 Å². The summed E-state index contributed by atoms with van der Waals surface area (Å²) in [7, 11) is 1.62. The number of amides is 1. The second-order valence-corrected chi connectivity index (χ2v) is 8.42. The molecule has 1 amide bonds. The fraction of sp³-hybridized carbons (Fsp3) is 0.211. The molecule has 0 atom stereocenters. The normalized spacial score (nSPS) is 11.4. The molecule has 0 fully saturated rings. The van der Waals surface area contributed by atoms with Crippen LogP contribution in [0, 0.1) is 0 Å². The standard InChI is InChI=1S/C19H18N4O2S2/c1-9(2)12-7-5-11-15(20)16(27-18(11)21-12)17(24)23-19-22-13-6-4-10(25-3)8-14(13)26-19/h4-9H,20H2,1-3H3,(H,22,23,24). The number of thiazole rings is 1. The number of ether oxygens (including phenoxy) is 1. The topological polar surface area (TPSA) is 90.1 Å². The monoisotopic (exact) mass is 398 g/mol. The molecule has 0 saturated heterocycles. The second kappa shape index (κ2) is 6.79. The molecule has 4 rings (SSSR count). The Labute approximate surface area is 164 Å². The fourth-order valence-corrected chi connectivity index (χ4v) is 4.63. The van der Waals surface area contributed by atoms with Crippen LogP contribution < -0.4 is 15.8 Å². The average Bonchev–Trinajstić information content (AvgIpc) is 3.20. The molecule has 0 bridgehead atoms. The lowest BCUT2D eigenvalue weighted by Gasteiger charge is -2.03. The molecule has 138 valence electrons. The zero-order chi connectivity index (χ0) is 19.1. The summed E-state index contributed by atoms with van der Waals surface area (Å²) in [5.41, 5.74) is 8.46. The first-order chi connectivity index (χ1) is 13.0. The van der Waals surface area contributed by atoms with E-state index in [9.17, 15) is 4.79 Å². The summed E-state index contributed by atoms with van der Waals surface area (Å²) in [5, 5.41) is 4.19. The van der Waals surface area contributed by atoms with Gasteiger partial charge in [0.2, 0.25) is 0 Å². The maximum absolute atomic E-state index is 12.8. The number of carbonyl (C=O) groups excluding carboxylic acids is 1. The van der Waals surface area contributed by atoms with Crippen LogP contribution in [0.2, 0.25) is 0 Å². The van der Waals surface area contributed by atoms with Crippen LogP contribution in [-0.4, -0.2) is 23.0 Å². The molecular weight excluding hydrogens is 380 g/mol.